The summed E-state index contributed by atoms with van der Waals surface area (Å²) < 4.78 is 0. The molecule has 0 aromatic rings. The fourth-order valence-corrected chi connectivity index (χ4v) is 2.70. The molecule has 0 saturated carbocycles. The predicted octanol–water partition coefficient (Wildman–Crippen LogP) is 4.13. The number of rotatable bonds is 4. The van der Waals surface area contributed by atoms with Crippen LogP contribution in [0.15, 0.2) is 12.7 Å². The quantitative estimate of drug-likeness (QED) is 0.719. The van der Waals surface area contributed by atoms with E-state index in [0.717, 1.165) is 6.42 Å². The molecule has 3 heteroatoms. The summed E-state index contributed by atoms with van der Waals surface area (Å²) >= 11 is 0. The van der Waals surface area contributed by atoms with Crippen molar-refractivity contribution in [3.8, 4) is 0 Å². The maximum absolute atomic E-state index is 11.8. The molecule has 19 heavy (non-hydrogen) atoms. The smallest absolute Gasteiger partial charge is 0.136 e. The van der Waals surface area contributed by atoms with Gasteiger partial charge in [0.15, 0.2) is 0 Å². The van der Waals surface area contributed by atoms with Crippen LogP contribution in [0.5, 0.6) is 0 Å². The molecule has 0 spiro atoms. The molecule has 1 unspecified atom stereocenters. The van der Waals surface area contributed by atoms with Gasteiger partial charge in [0.1, 0.15) is 5.78 Å². The lowest BCUT2D eigenvalue weighted by Gasteiger charge is -2.51. The molecule has 1 aliphatic rings. The highest BCUT2D eigenvalue weighted by Gasteiger charge is 2.46. The second kappa shape index (κ2) is 7.20. The van der Waals surface area contributed by atoms with Gasteiger partial charge in [0, 0.05) is 23.9 Å². The van der Waals surface area contributed by atoms with Crippen LogP contribution in [0.3, 0.4) is 0 Å². The molecule has 1 rings (SSSR count). The van der Waals surface area contributed by atoms with Gasteiger partial charge >= 0.3 is 0 Å². The SMILES string of the molecule is C=CC(CC)ON1C(C)(C)CC(=O)CC1(C)C.CC. The second-order valence-corrected chi connectivity index (χ2v) is 6.10. The first kappa shape index (κ1) is 18.3. The summed E-state index contributed by atoms with van der Waals surface area (Å²) in [6.45, 7) is 18.1. The zero-order valence-electron chi connectivity index (χ0n) is 13.7. The zero-order valence-corrected chi connectivity index (χ0v) is 13.7. The Morgan fingerprint density at radius 1 is 1.26 bits per heavy atom. The number of Topliss-reactive ketones (excluding diaryl/α,β-unsaturated/α-hetero) is 1. The van der Waals surface area contributed by atoms with Crippen molar-refractivity contribution in [2.24, 2.45) is 0 Å². The van der Waals surface area contributed by atoms with Gasteiger partial charge < -0.3 is 0 Å². The Labute approximate surface area is 119 Å². The van der Waals surface area contributed by atoms with E-state index in [4.69, 9.17) is 4.84 Å². The molecule has 0 aliphatic carbocycles. The zero-order chi connectivity index (χ0) is 15.3. The third-order valence-corrected chi connectivity index (χ3v) is 3.27. The standard InChI is InChI=1S/C14H25NO2.C2H6/c1-7-12(8-2)17-15-13(3,4)9-11(16)10-14(15,5)6;1-2/h7,12H,1,8-10H2,2-6H3;1-2H3. The van der Waals surface area contributed by atoms with Crippen molar-refractivity contribution in [1.82, 2.24) is 5.06 Å². The lowest BCUT2D eigenvalue weighted by Crippen LogP contribution is -2.61. The van der Waals surface area contributed by atoms with Crippen LogP contribution < -0.4 is 0 Å². The van der Waals surface area contributed by atoms with Crippen LogP contribution in [0.1, 0.15) is 67.7 Å². The van der Waals surface area contributed by atoms with Gasteiger partial charge in [-0.2, -0.15) is 5.06 Å². The van der Waals surface area contributed by atoms with E-state index in [0.29, 0.717) is 18.6 Å². The molecule has 0 aromatic heterocycles. The minimum atomic E-state index is -0.255. The first-order valence-electron chi connectivity index (χ1n) is 7.34. The molecule has 1 saturated heterocycles. The van der Waals surface area contributed by atoms with Crippen LogP contribution in [0.2, 0.25) is 0 Å². The molecule has 3 nitrogen and oxygen atoms in total. The van der Waals surface area contributed by atoms with Gasteiger partial charge in [0.25, 0.3) is 0 Å². The molecular formula is C16H31NO2. The van der Waals surface area contributed by atoms with E-state index >= 15 is 0 Å². The van der Waals surface area contributed by atoms with Gasteiger partial charge in [-0.05, 0) is 34.1 Å². The van der Waals surface area contributed by atoms with Gasteiger partial charge in [-0.15, -0.1) is 6.58 Å². The largest absolute Gasteiger partial charge is 0.300 e. The minimum absolute atomic E-state index is 0.0155. The summed E-state index contributed by atoms with van der Waals surface area (Å²) in [5.74, 6) is 0.312. The summed E-state index contributed by atoms with van der Waals surface area (Å²) in [6, 6.07) is 0. The van der Waals surface area contributed by atoms with Crippen molar-refractivity contribution in [1.29, 1.82) is 0 Å². The summed E-state index contributed by atoms with van der Waals surface area (Å²) in [4.78, 5) is 17.8. The Morgan fingerprint density at radius 2 is 1.68 bits per heavy atom. The minimum Gasteiger partial charge on any atom is -0.300 e. The number of hydroxylamine groups is 2. The Morgan fingerprint density at radius 3 is 2.00 bits per heavy atom. The summed E-state index contributed by atoms with van der Waals surface area (Å²) in [5, 5.41) is 2.00. The number of hydrogen-bond acceptors (Lipinski definition) is 3. The van der Waals surface area contributed by atoms with Crippen molar-refractivity contribution in [3.63, 3.8) is 0 Å². The maximum atomic E-state index is 11.8. The highest BCUT2D eigenvalue weighted by Crippen LogP contribution is 2.37. The fourth-order valence-electron chi connectivity index (χ4n) is 2.70. The molecule has 0 aromatic carbocycles. The second-order valence-electron chi connectivity index (χ2n) is 6.10. The topological polar surface area (TPSA) is 29.5 Å². The summed E-state index contributed by atoms with van der Waals surface area (Å²) in [5.41, 5.74) is -0.509. The average Bonchev–Trinajstić information content (AvgIpc) is 2.29. The Balaban J connectivity index is 0.00000154. The predicted molar refractivity (Wildman–Crippen MR) is 80.9 cm³/mol. The van der Waals surface area contributed by atoms with Crippen LogP contribution in [0.4, 0.5) is 0 Å². The molecule has 0 amide bonds. The number of piperidine rings is 1. The Hall–Kier alpha value is -0.670. The first-order valence-corrected chi connectivity index (χ1v) is 7.34. The van der Waals surface area contributed by atoms with E-state index in [9.17, 15) is 4.79 Å². The number of ketones is 1. The molecule has 1 aliphatic heterocycles. The normalized spacial score (nSPS) is 23.2. The van der Waals surface area contributed by atoms with E-state index in [1.54, 1.807) is 0 Å². The van der Waals surface area contributed by atoms with Crippen LogP contribution in [-0.4, -0.2) is 28.0 Å². The molecule has 0 N–H and O–H groups in total. The average molecular weight is 269 g/mol. The molecule has 1 atom stereocenters. The number of carbonyl (C=O) groups excluding carboxylic acids is 1. The third kappa shape index (κ3) is 4.73. The van der Waals surface area contributed by atoms with Gasteiger partial charge in [-0.1, -0.05) is 26.8 Å². The van der Waals surface area contributed by atoms with E-state index in [1.807, 2.05) is 25.0 Å². The molecule has 0 radical (unpaired) electrons. The Bertz CT molecular complexity index is 288. The van der Waals surface area contributed by atoms with E-state index in [-0.39, 0.29) is 17.2 Å². The summed E-state index contributed by atoms with van der Waals surface area (Å²) in [7, 11) is 0. The van der Waals surface area contributed by atoms with Crippen LogP contribution in [0, 0.1) is 0 Å². The van der Waals surface area contributed by atoms with Crippen molar-refractivity contribution >= 4 is 5.78 Å². The molecule has 1 heterocycles. The third-order valence-electron chi connectivity index (χ3n) is 3.27. The maximum Gasteiger partial charge on any atom is 0.136 e. The van der Waals surface area contributed by atoms with Gasteiger partial charge in [-0.25, -0.2) is 0 Å². The van der Waals surface area contributed by atoms with E-state index < -0.39 is 0 Å². The monoisotopic (exact) mass is 269 g/mol. The van der Waals surface area contributed by atoms with Crippen LogP contribution in [-0.2, 0) is 9.63 Å². The fraction of sp³-hybridized carbons (Fsp3) is 0.812. The number of carbonyl (C=O) groups is 1. The highest BCUT2D eigenvalue weighted by atomic mass is 16.7. The number of hydrogen-bond donors (Lipinski definition) is 0. The van der Waals surface area contributed by atoms with Crippen LogP contribution >= 0.6 is 0 Å². The molecule has 1 fully saturated rings. The lowest BCUT2D eigenvalue weighted by atomic mass is 9.81. The van der Waals surface area contributed by atoms with Gasteiger partial charge in [-0.3, -0.25) is 9.63 Å². The first-order chi connectivity index (χ1) is 8.73. The van der Waals surface area contributed by atoms with Gasteiger partial charge in [0.2, 0.25) is 0 Å². The summed E-state index contributed by atoms with van der Waals surface area (Å²) in [6.07, 6.45) is 3.82. The lowest BCUT2D eigenvalue weighted by molar-refractivity contribution is -0.290. The van der Waals surface area contributed by atoms with E-state index in [1.165, 1.54) is 0 Å². The van der Waals surface area contributed by atoms with Crippen molar-refractivity contribution < 1.29 is 9.63 Å². The van der Waals surface area contributed by atoms with E-state index in [2.05, 4.69) is 41.2 Å². The molecular weight excluding hydrogens is 238 g/mol. The number of nitrogens with zero attached hydrogens (tertiary/aromatic N) is 1. The van der Waals surface area contributed by atoms with Crippen LogP contribution in [0.25, 0.3) is 0 Å². The highest BCUT2D eigenvalue weighted by molar-refractivity contribution is 5.81. The van der Waals surface area contributed by atoms with Crippen molar-refractivity contribution in [3.05, 3.63) is 12.7 Å². The van der Waals surface area contributed by atoms with Gasteiger partial charge in [0.05, 0.1) is 6.10 Å². The Kier molecular flexibility index (Phi) is 6.95. The van der Waals surface area contributed by atoms with Crippen molar-refractivity contribution in [2.75, 3.05) is 0 Å². The van der Waals surface area contributed by atoms with Crippen molar-refractivity contribution in [2.45, 2.75) is 84.9 Å². The molecule has 0 bridgehead atoms. The molecule has 112 valence electrons.